The number of aliphatic carboxylic acids is 1. The first kappa shape index (κ1) is 14.0. The van der Waals surface area contributed by atoms with Crippen molar-refractivity contribution in [1.82, 2.24) is 20.8 Å². The summed E-state index contributed by atoms with van der Waals surface area (Å²) < 4.78 is 0. The van der Waals surface area contributed by atoms with Crippen LogP contribution in [0.2, 0.25) is 0 Å². The van der Waals surface area contributed by atoms with E-state index in [0.717, 1.165) is 11.3 Å². The quantitative estimate of drug-likeness (QED) is 0.597. The molecule has 7 nitrogen and oxygen atoms in total. The van der Waals surface area contributed by atoms with Gasteiger partial charge in [0.25, 0.3) is 0 Å². The highest BCUT2D eigenvalue weighted by atomic mass is 16.4. The summed E-state index contributed by atoms with van der Waals surface area (Å²) >= 11 is 0. The lowest BCUT2D eigenvalue weighted by atomic mass is 10.1. The molecule has 0 spiro atoms. The first-order chi connectivity index (χ1) is 8.54. The second-order valence-corrected chi connectivity index (χ2v) is 4.03. The van der Waals surface area contributed by atoms with Crippen LogP contribution in [-0.4, -0.2) is 33.8 Å². The van der Waals surface area contributed by atoms with Gasteiger partial charge in [-0.3, -0.25) is 9.89 Å². The maximum absolute atomic E-state index is 11.4. The van der Waals surface area contributed by atoms with Gasteiger partial charge in [-0.1, -0.05) is 6.92 Å². The van der Waals surface area contributed by atoms with Crippen molar-refractivity contribution in [3.63, 3.8) is 0 Å². The topological polar surface area (TPSA) is 107 Å². The van der Waals surface area contributed by atoms with Crippen LogP contribution >= 0.6 is 0 Å². The Morgan fingerprint density at radius 2 is 2.22 bits per heavy atom. The molecule has 0 saturated carbocycles. The average molecular weight is 254 g/mol. The first-order valence-electron chi connectivity index (χ1n) is 5.78. The molecular formula is C11H18N4O3. The second kappa shape index (κ2) is 6.63. The van der Waals surface area contributed by atoms with Crippen molar-refractivity contribution in [2.24, 2.45) is 5.92 Å². The molecule has 1 unspecified atom stereocenters. The highest BCUT2D eigenvalue weighted by Gasteiger charge is 2.15. The summed E-state index contributed by atoms with van der Waals surface area (Å²) in [5, 5.41) is 20.6. The fourth-order valence-corrected chi connectivity index (χ4v) is 1.41. The number of urea groups is 1. The molecule has 0 fully saturated rings. The minimum absolute atomic E-state index is 0.127. The summed E-state index contributed by atoms with van der Waals surface area (Å²) in [5.41, 5.74) is 1.79. The van der Waals surface area contributed by atoms with E-state index in [0.29, 0.717) is 13.0 Å². The van der Waals surface area contributed by atoms with Crippen molar-refractivity contribution >= 4 is 12.0 Å². The normalized spacial score (nSPS) is 11.9. The molecule has 1 atom stereocenters. The zero-order chi connectivity index (χ0) is 13.5. The molecule has 1 aromatic heterocycles. The van der Waals surface area contributed by atoms with Gasteiger partial charge in [-0.25, -0.2) is 4.79 Å². The number of carboxylic acids is 1. The van der Waals surface area contributed by atoms with E-state index in [2.05, 4.69) is 20.8 Å². The average Bonchev–Trinajstić information content (AvgIpc) is 2.72. The molecule has 0 aliphatic rings. The number of aryl methyl sites for hydroxylation is 1. The molecule has 0 saturated heterocycles. The molecule has 0 aliphatic carbocycles. The molecule has 0 radical (unpaired) electrons. The van der Waals surface area contributed by atoms with Gasteiger partial charge in [0.1, 0.15) is 0 Å². The van der Waals surface area contributed by atoms with E-state index in [1.165, 1.54) is 0 Å². The molecule has 4 N–H and O–H groups in total. The number of carbonyl (C=O) groups excluding carboxylic acids is 1. The van der Waals surface area contributed by atoms with Crippen LogP contribution in [0.15, 0.2) is 6.20 Å². The number of rotatable bonds is 6. The van der Waals surface area contributed by atoms with E-state index in [1.807, 2.05) is 6.92 Å². The molecule has 1 aromatic rings. The Balaban J connectivity index is 2.30. The van der Waals surface area contributed by atoms with Gasteiger partial charge in [0.05, 0.1) is 12.1 Å². The van der Waals surface area contributed by atoms with Gasteiger partial charge >= 0.3 is 12.0 Å². The molecule has 0 bridgehead atoms. The predicted molar refractivity (Wildman–Crippen MR) is 65.0 cm³/mol. The maximum Gasteiger partial charge on any atom is 0.315 e. The number of carboxylic acid groups (broad SMARTS) is 1. The van der Waals surface area contributed by atoms with E-state index in [9.17, 15) is 9.59 Å². The van der Waals surface area contributed by atoms with Gasteiger partial charge in [0.15, 0.2) is 0 Å². The van der Waals surface area contributed by atoms with Crippen LogP contribution in [0.5, 0.6) is 0 Å². The number of amides is 2. The molecular weight excluding hydrogens is 236 g/mol. The van der Waals surface area contributed by atoms with Crippen LogP contribution in [0.4, 0.5) is 4.79 Å². The van der Waals surface area contributed by atoms with Crippen molar-refractivity contribution in [3.05, 3.63) is 17.5 Å². The van der Waals surface area contributed by atoms with Crippen molar-refractivity contribution in [1.29, 1.82) is 0 Å². The SMILES string of the molecule is CCC(CNC(=O)NCc1cn[nH]c1C)C(=O)O. The van der Waals surface area contributed by atoms with Gasteiger partial charge in [-0.15, -0.1) is 0 Å². The minimum atomic E-state index is -0.900. The van der Waals surface area contributed by atoms with Crippen molar-refractivity contribution in [2.75, 3.05) is 6.54 Å². The Bertz CT molecular complexity index is 416. The zero-order valence-electron chi connectivity index (χ0n) is 10.5. The number of H-pyrrole nitrogens is 1. The van der Waals surface area contributed by atoms with E-state index in [-0.39, 0.29) is 12.6 Å². The minimum Gasteiger partial charge on any atom is -0.481 e. The summed E-state index contributed by atoms with van der Waals surface area (Å²) in [7, 11) is 0. The van der Waals surface area contributed by atoms with Crippen molar-refractivity contribution < 1.29 is 14.7 Å². The zero-order valence-corrected chi connectivity index (χ0v) is 10.5. The number of aromatic nitrogens is 2. The second-order valence-electron chi connectivity index (χ2n) is 4.03. The third-order valence-electron chi connectivity index (χ3n) is 2.72. The molecule has 7 heteroatoms. The predicted octanol–water partition coefficient (Wildman–Crippen LogP) is 0.628. The molecule has 100 valence electrons. The van der Waals surface area contributed by atoms with Crippen LogP contribution in [-0.2, 0) is 11.3 Å². The van der Waals surface area contributed by atoms with E-state index >= 15 is 0 Å². The third kappa shape index (κ3) is 4.08. The Hall–Kier alpha value is -2.05. The van der Waals surface area contributed by atoms with Crippen LogP contribution in [0, 0.1) is 12.8 Å². The molecule has 1 rings (SSSR count). The van der Waals surface area contributed by atoms with Gasteiger partial charge < -0.3 is 15.7 Å². The monoisotopic (exact) mass is 254 g/mol. The number of carbonyl (C=O) groups is 2. The lowest BCUT2D eigenvalue weighted by Gasteiger charge is -2.11. The van der Waals surface area contributed by atoms with Crippen LogP contribution < -0.4 is 10.6 Å². The van der Waals surface area contributed by atoms with Crippen LogP contribution in [0.25, 0.3) is 0 Å². The smallest absolute Gasteiger partial charge is 0.315 e. The Morgan fingerprint density at radius 3 is 2.72 bits per heavy atom. The van der Waals surface area contributed by atoms with Crippen LogP contribution in [0.3, 0.4) is 0 Å². The molecule has 0 aliphatic heterocycles. The molecule has 18 heavy (non-hydrogen) atoms. The third-order valence-corrected chi connectivity index (χ3v) is 2.72. The summed E-state index contributed by atoms with van der Waals surface area (Å²) in [6.45, 7) is 4.12. The van der Waals surface area contributed by atoms with Gasteiger partial charge in [0, 0.05) is 24.3 Å². The lowest BCUT2D eigenvalue weighted by molar-refractivity contribution is -0.141. The number of hydrogen-bond donors (Lipinski definition) is 4. The Kier molecular flexibility index (Phi) is 5.16. The number of hydrogen-bond acceptors (Lipinski definition) is 3. The fourth-order valence-electron chi connectivity index (χ4n) is 1.41. The highest BCUT2D eigenvalue weighted by Crippen LogP contribution is 2.02. The van der Waals surface area contributed by atoms with Crippen molar-refractivity contribution in [2.45, 2.75) is 26.8 Å². The number of aromatic amines is 1. The van der Waals surface area contributed by atoms with Crippen LogP contribution in [0.1, 0.15) is 24.6 Å². The van der Waals surface area contributed by atoms with E-state index in [1.54, 1.807) is 13.1 Å². The van der Waals surface area contributed by atoms with Gasteiger partial charge in [0.2, 0.25) is 0 Å². The summed E-state index contributed by atoms with van der Waals surface area (Å²) in [6, 6.07) is -0.379. The van der Waals surface area contributed by atoms with Gasteiger partial charge in [-0.05, 0) is 13.3 Å². The summed E-state index contributed by atoms with van der Waals surface area (Å²) in [4.78, 5) is 22.2. The van der Waals surface area contributed by atoms with Gasteiger partial charge in [-0.2, -0.15) is 5.10 Å². The van der Waals surface area contributed by atoms with E-state index < -0.39 is 11.9 Å². The molecule has 2 amide bonds. The standard InChI is InChI=1S/C11H18N4O3/c1-3-8(10(16)17)4-12-11(18)13-5-9-6-14-15-7(9)2/h6,8H,3-5H2,1-2H3,(H,14,15)(H,16,17)(H2,12,13,18). The lowest BCUT2D eigenvalue weighted by Crippen LogP contribution is -2.39. The maximum atomic E-state index is 11.4. The number of nitrogens with one attached hydrogen (secondary N) is 3. The first-order valence-corrected chi connectivity index (χ1v) is 5.78. The Morgan fingerprint density at radius 1 is 1.50 bits per heavy atom. The fraction of sp³-hybridized carbons (Fsp3) is 0.545. The molecule has 0 aromatic carbocycles. The summed E-state index contributed by atoms with van der Waals surface area (Å²) in [5.74, 6) is -1.45. The largest absolute Gasteiger partial charge is 0.481 e. The molecule has 1 heterocycles. The van der Waals surface area contributed by atoms with E-state index in [4.69, 9.17) is 5.11 Å². The summed E-state index contributed by atoms with van der Waals surface area (Å²) in [6.07, 6.45) is 2.12. The Labute approximate surface area is 105 Å². The highest BCUT2D eigenvalue weighted by molar-refractivity contribution is 5.75. The number of nitrogens with zero attached hydrogens (tertiary/aromatic N) is 1. The van der Waals surface area contributed by atoms with Crippen molar-refractivity contribution in [3.8, 4) is 0 Å².